The molecule has 0 radical (unpaired) electrons. The summed E-state index contributed by atoms with van der Waals surface area (Å²) in [5.41, 5.74) is 5.80. The molecule has 7 heteroatoms. The maximum absolute atomic E-state index is 12.2. The molecule has 0 heterocycles. The first-order valence-corrected chi connectivity index (χ1v) is 7.81. The van der Waals surface area contributed by atoms with E-state index >= 15 is 0 Å². The molecule has 1 amide bonds. The third-order valence-electron chi connectivity index (χ3n) is 3.17. The number of benzene rings is 2. The van der Waals surface area contributed by atoms with E-state index in [-0.39, 0.29) is 17.1 Å². The van der Waals surface area contributed by atoms with Crippen molar-refractivity contribution in [1.82, 2.24) is 0 Å². The maximum atomic E-state index is 12.2. The Balaban J connectivity index is 2.28. The Morgan fingerprint density at radius 2 is 1.84 bits per heavy atom. The van der Waals surface area contributed by atoms with Crippen LogP contribution in [-0.4, -0.2) is 19.0 Å². The second-order valence-electron chi connectivity index (χ2n) is 4.84. The lowest BCUT2D eigenvalue weighted by Crippen LogP contribution is -2.12. The van der Waals surface area contributed by atoms with Crippen molar-refractivity contribution < 1.29 is 19.1 Å². The fraction of sp³-hybridized carbons (Fsp3) is 0.0556. The van der Waals surface area contributed by atoms with E-state index in [2.05, 4.69) is 15.9 Å². The molecule has 0 unspecified atom stereocenters. The molecule has 0 aliphatic rings. The summed E-state index contributed by atoms with van der Waals surface area (Å²) in [6.07, 6.45) is 1.32. The standard InChI is InChI=1S/C18H13BrN2O4/c1-24-16-9-11(8-13(10-20)17(21)22)2-7-15(16)25-18(23)12-3-5-14(19)6-4-12/h2-9H,1H3,(H2,21,22)/b13-8+. The molecule has 0 aromatic heterocycles. The molecule has 6 nitrogen and oxygen atoms in total. The summed E-state index contributed by atoms with van der Waals surface area (Å²) in [4.78, 5) is 23.3. The number of nitriles is 1. The number of esters is 1. The highest BCUT2D eigenvalue weighted by Crippen LogP contribution is 2.29. The van der Waals surface area contributed by atoms with Crippen LogP contribution >= 0.6 is 15.9 Å². The van der Waals surface area contributed by atoms with E-state index in [4.69, 9.17) is 20.5 Å². The first kappa shape index (κ1) is 18.2. The van der Waals surface area contributed by atoms with Crippen LogP contribution in [0.1, 0.15) is 15.9 Å². The monoisotopic (exact) mass is 400 g/mol. The van der Waals surface area contributed by atoms with Gasteiger partial charge >= 0.3 is 5.97 Å². The van der Waals surface area contributed by atoms with Gasteiger partial charge in [0.25, 0.3) is 5.91 Å². The van der Waals surface area contributed by atoms with Crippen molar-refractivity contribution in [3.05, 3.63) is 63.6 Å². The highest BCUT2D eigenvalue weighted by Gasteiger charge is 2.13. The second-order valence-corrected chi connectivity index (χ2v) is 5.76. The van der Waals surface area contributed by atoms with Gasteiger partial charge in [-0.05, 0) is 48.0 Å². The van der Waals surface area contributed by atoms with Crippen molar-refractivity contribution in [2.24, 2.45) is 5.73 Å². The molecule has 0 saturated carbocycles. The molecule has 2 aromatic rings. The van der Waals surface area contributed by atoms with Gasteiger partial charge in [-0.1, -0.05) is 22.0 Å². The van der Waals surface area contributed by atoms with Crippen LogP contribution in [0.2, 0.25) is 0 Å². The summed E-state index contributed by atoms with van der Waals surface area (Å²) >= 11 is 3.29. The van der Waals surface area contributed by atoms with E-state index in [0.29, 0.717) is 11.1 Å². The number of carbonyl (C=O) groups excluding carboxylic acids is 2. The van der Waals surface area contributed by atoms with Gasteiger partial charge < -0.3 is 15.2 Å². The number of primary amides is 1. The van der Waals surface area contributed by atoms with Crippen LogP contribution in [0.15, 0.2) is 52.5 Å². The first-order chi connectivity index (χ1) is 11.9. The van der Waals surface area contributed by atoms with E-state index in [1.807, 2.05) is 0 Å². The topological polar surface area (TPSA) is 102 Å². The summed E-state index contributed by atoms with van der Waals surface area (Å²) in [7, 11) is 1.42. The van der Waals surface area contributed by atoms with Crippen LogP contribution in [0.3, 0.4) is 0 Å². The minimum atomic E-state index is -0.827. The van der Waals surface area contributed by atoms with Crippen LogP contribution in [-0.2, 0) is 4.79 Å². The molecule has 0 aliphatic heterocycles. The van der Waals surface area contributed by atoms with Crippen LogP contribution in [0.5, 0.6) is 11.5 Å². The van der Waals surface area contributed by atoms with Gasteiger partial charge in [0, 0.05) is 4.47 Å². The lowest BCUT2D eigenvalue weighted by atomic mass is 10.1. The molecule has 2 rings (SSSR count). The van der Waals surface area contributed by atoms with Gasteiger partial charge in [0.1, 0.15) is 11.6 Å². The van der Waals surface area contributed by atoms with Crippen molar-refractivity contribution in [2.45, 2.75) is 0 Å². The van der Waals surface area contributed by atoms with Gasteiger partial charge in [-0.3, -0.25) is 4.79 Å². The van der Waals surface area contributed by atoms with Crippen molar-refractivity contribution in [3.8, 4) is 17.6 Å². The van der Waals surface area contributed by atoms with Crippen LogP contribution in [0.4, 0.5) is 0 Å². The number of carbonyl (C=O) groups is 2. The Kier molecular flexibility index (Phi) is 5.93. The summed E-state index contributed by atoms with van der Waals surface area (Å²) in [6, 6.07) is 13.1. The SMILES string of the molecule is COc1cc(/C=C(\C#N)C(N)=O)ccc1OC(=O)c1ccc(Br)cc1. The quantitative estimate of drug-likeness (QED) is 0.359. The van der Waals surface area contributed by atoms with Gasteiger partial charge in [-0.25, -0.2) is 4.79 Å². The van der Waals surface area contributed by atoms with E-state index in [9.17, 15) is 9.59 Å². The van der Waals surface area contributed by atoms with Gasteiger partial charge in [0.2, 0.25) is 0 Å². The van der Waals surface area contributed by atoms with E-state index in [1.165, 1.54) is 25.3 Å². The predicted molar refractivity (Wildman–Crippen MR) is 94.9 cm³/mol. The van der Waals surface area contributed by atoms with E-state index in [1.54, 1.807) is 36.4 Å². The number of hydrogen-bond acceptors (Lipinski definition) is 5. The molecule has 2 N–H and O–H groups in total. The molecular weight excluding hydrogens is 388 g/mol. The van der Waals surface area contributed by atoms with Gasteiger partial charge in [0.15, 0.2) is 11.5 Å². The highest BCUT2D eigenvalue weighted by molar-refractivity contribution is 9.10. The number of ether oxygens (including phenoxy) is 2. The molecule has 0 atom stereocenters. The third kappa shape index (κ3) is 4.68. The molecule has 0 saturated heterocycles. The maximum Gasteiger partial charge on any atom is 0.343 e. The number of amides is 1. The molecule has 0 spiro atoms. The van der Waals surface area contributed by atoms with Gasteiger partial charge in [0.05, 0.1) is 12.7 Å². The zero-order valence-corrected chi connectivity index (χ0v) is 14.7. The molecule has 2 aromatic carbocycles. The molecular formula is C18H13BrN2O4. The van der Waals surface area contributed by atoms with Crippen LogP contribution in [0.25, 0.3) is 6.08 Å². The largest absolute Gasteiger partial charge is 0.493 e. The molecule has 25 heavy (non-hydrogen) atoms. The van der Waals surface area contributed by atoms with Crippen molar-refractivity contribution in [2.75, 3.05) is 7.11 Å². The number of methoxy groups -OCH3 is 1. The number of rotatable bonds is 5. The zero-order valence-electron chi connectivity index (χ0n) is 13.2. The van der Waals surface area contributed by atoms with Gasteiger partial charge in [-0.15, -0.1) is 0 Å². The van der Waals surface area contributed by atoms with E-state index < -0.39 is 11.9 Å². The van der Waals surface area contributed by atoms with Crippen molar-refractivity contribution in [3.63, 3.8) is 0 Å². The fourth-order valence-corrected chi connectivity index (χ4v) is 2.19. The molecule has 0 bridgehead atoms. The molecule has 126 valence electrons. The summed E-state index contributed by atoms with van der Waals surface area (Å²) in [5.74, 6) is -0.873. The number of nitrogens with two attached hydrogens (primary N) is 1. The number of halogens is 1. The van der Waals surface area contributed by atoms with Crippen molar-refractivity contribution in [1.29, 1.82) is 5.26 Å². The lowest BCUT2D eigenvalue weighted by Gasteiger charge is -2.10. The normalized spacial score (nSPS) is 10.7. The third-order valence-corrected chi connectivity index (χ3v) is 3.70. The minimum Gasteiger partial charge on any atom is -0.493 e. The lowest BCUT2D eigenvalue weighted by molar-refractivity contribution is -0.114. The zero-order chi connectivity index (χ0) is 18.4. The Morgan fingerprint density at radius 1 is 1.16 bits per heavy atom. The highest BCUT2D eigenvalue weighted by atomic mass is 79.9. The number of nitrogens with zero attached hydrogens (tertiary/aromatic N) is 1. The first-order valence-electron chi connectivity index (χ1n) is 7.02. The minimum absolute atomic E-state index is 0.193. The Labute approximate surface area is 152 Å². The smallest absolute Gasteiger partial charge is 0.343 e. The van der Waals surface area contributed by atoms with Crippen LogP contribution < -0.4 is 15.2 Å². The van der Waals surface area contributed by atoms with Crippen LogP contribution in [0, 0.1) is 11.3 Å². The predicted octanol–water partition coefficient (Wildman–Crippen LogP) is 3.07. The van der Waals surface area contributed by atoms with Gasteiger partial charge in [-0.2, -0.15) is 5.26 Å². The summed E-state index contributed by atoms with van der Waals surface area (Å²) in [6.45, 7) is 0. The summed E-state index contributed by atoms with van der Waals surface area (Å²) < 4.78 is 11.4. The summed E-state index contributed by atoms with van der Waals surface area (Å²) in [5, 5.41) is 8.88. The Bertz CT molecular complexity index is 883. The Morgan fingerprint density at radius 3 is 2.40 bits per heavy atom. The fourth-order valence-electron chi connectivity index (χ4n) is 1.93. The molecule has 0 fully saturated rings. The van der Waals surface area contributed by atoms with E-state index in [0.717, 1.165) is 4.47 Å². The Hall–Kier alpha value is -3.11. The van der Waals surface area contributed by atoms with Crippen molar-refractivity contribution >= 4 is 33.9 Å². The number of hydrogen-bond donors (Lipinski definition) is 1. The molecule has 0 aliphatic carbocycles. The average Bonchev–Trinajstić information content (AvgIpc) is 2.60. The second kappa shape index (κ2) is 8.13. The average molecular weight is 401 g/mol.